The molecule has 0 fully saturated rings. The lowest BCUT2D eigenvalue weighted by atomic mass is 10.1. The van der Waals surface area contributed by atoms with Crippen LogP contribution in [0.2, 0.25) is 5.02 Å². The van der Waals surface area contributed by atoms with Gasteiger partial charge in [0.2, 0.25) is 5.91 Å². The molecule has 0 saturated heterocycles. The SMILES string of the molecule is O=C(CN(c1ccc(F)cc1)S(=O)(=O)c1ccc(F)cc1)NCCCc1ccc(Cl)cc1. The molecule has 32 heavy (non-hydrogen) atoms. The van der Waals surface area contributed by atoms with Crippen molar-refractivity contribution in [1.29, 1.82) is 0 Å². The van der Waals surface area contributed by atoms with Crippen LogP contribution in [0.1, 0.15) is 12.0 Å². The molecule has 0 radical (unpaired) electrons. The number of carbonyl (C=O) groups is 1. The van der Waals surface area contributed by atoms with Gasteiger partial charge in [0.1, 0.15) is 18.2 Å². The Morgan fingerprint density at radius 3 is 2.03 bits per heavy atom. The topological polar surface area (TPSA) is 66.5 Å². The van der Waals surface area contributed by atoms with E-state index in [-0.39, 0.29) is 10.6 Å². The Bertz CT molecular complexity index is 1150. The summed E-state index contributed by atoms with van der Waals surface area (Å²) in [7, 11) is -4.19. The molecule has 3 rings (SSSR count). The van der Waals surface area contributed by atoms with Crippen LogP contribution in [0.4, 0.5) is 14.5 Å². The van der Waals surface area contributed by atoms with Crippen molar-refractivity contribution in [2.75, 3.05) is 17.4 Å². The van der Waals surface area contributed by atoms with Crippen LogP contribution < -0.4 is 9.62 Å². The maximum atomic E-state index is 13.3. The zero-order valence-corrected chi connectivity index (χ0v) is 18.5. The molecule has 0 saturated carbocycles. The third-order valence-corrected chi connectivity index (χ3v) is 6.72. The fourth-order valence-corrected chi connectivity index (χ4v) is 4.56. The van der Waals surface area contributed by atoms with Crippen LogP contribution in [0.5, 0.6) is 0 Å². The number of benzene rings is 3. The van der Waals surface area contributed by atoms with Crippen LogP contribution in [0, 0.1) is 11.6 Å². The van der Waals surface area contributed by atoms with E-state index in [9.17, 15) is 22.0 Å². The molecule has 9 heteroatoms. The highest BCUT2D eigenvalue weighted by atomic mass is 35.5. The van der Waals surface area contributed by atoms with Gasteiger partial charge in [0.05, 0.1) is 10.6 Å². The molecule has 0 spiro atoms. The number of hydrogen-bond acceptors (Lipinski definition) is 3. The highest BCUT2D eigenvalue weighted by Crippen LogP contribution is 2.24. The third kappa shape index (κ3) is 6.27. The molecule has 168 valence electrons. The van der Waals surface area contributed by atoms with Crippen molar-refractivity contribution in [2.45, 2.75) is 17.7 Å². The highest BCUT2D eigenvalue weighted by molar-refractivity contribution is 7.92. The van der Waals surface area contributed by atoms with Gasteiger partial charge in [0, 0.05) is 11.6 Å². The first-order chi connectivity index (χ1) is 15.3. The molecule has 0 atom stereocenters. The predicted octanol–water partition coefficient (Wildman–Crippen LogP) is 4.56. The van der Waals surface area contributed by atoms with Crippen molar-refractivity contribution in [3.05, 3.63) is 95.0 Å². The molecule has 1 N–H and O–H groups in total. The smallest absolute Gasteiger partial charge is 0.264 e. The average Bonchev–Trinajstić information content (AvgIpc) is 2.77. The van der Waals surface area contributed by atoms with E-state index in [1.165, 1.54) is 12.1 Å². The van der Waals surface area contributed by atoms with Crippen LogP contribution in [-0.2, 0) is 21.2 Å². The number of nitrogens with zero attached hydrogens (tertiary/aromatic N) is 1. The largest absolute Gasteiger partial charge is 0.355 e. The number of carbonyl (C=O) groups excluding carboxylic acids is 1. The Labute approximate surface area is 190 Å². The van der Waals surface area contributed by atoms with E-state index < -0.39 is 34.1 Å². The van der Waals surface area contributed by atoms with E-state index in [2.05, 4.69) is 5.32 Å². The second kappa shape index (κ2) is 10.6. The fraction of sp³-hybridized carbons (Fsp3) is 0.174. The number of hydrogen-bond donors (Lipinski definition) is 1. The minimum Gasteiger partial charge on any atom is -0.355 e. The van der Waals surface area contributed by atoms with Crippen molar-refractivity contribution >= 4 is 33.2 Å². The molecule has 3 aromatic carbocycles. The van der Waals surface area contributed by atoms with Crippen LogP contribution >= 0.6 is 11.6 Å². The summed E-state index contributed by atoms with van der Waals surface area (Å²) in [6.07, 6.45) is 1.36. The summed E-state index contributed by atoms with van der Waals surface area (Å²) in [5, 5.41) is 3.35. The Kier molecular flexibility index (Phi) is 7.82. The van der Waals surface area contributed by atoms with Crippen LogP contribution in [0.25, 0.3) is 0 Å². The molecule has 1 amide bonds. The number of aryl methyl sites for hydroxylation is 1. The zero-order chi connectivity index (χ0) is 23.1. The summed E-state index contributed by atoms with van der Waals surface area (Å²) in [6.45, 7) is -0.165. The lowest BCUT2D eigenvalue weighted by Crippen LogP contribution is -2.41. The van der Waals surface area contributed by atoms with E-state index in [4.69, 9.17) is 11.6 Å². The molecule has 0 aliphatic heterocycles. The first-order valence-electron chi connectivity index (χ1n) is 9.81. The second-order valence-corrected chi connectivity index (χ2v) is 9.32. The molecule has 0 aromatic heterocycles. The van der Waals surface area contributed by atoms with Crippen molar-refractivity contribution < 1.29 is 22.0 Å². The molecule has 0 heterocycles. The van der Waals surface area contributed by atoms with Gasteiger partial charge in [-0.15, -0.1) is 0 Å². The Hall–Kier alpha value is -2.97. The van der Waals surface area contributed by atoms with Crippen molar-refractivity contribution in [3.63, 3.8) is 0 Å². The molecule has 0 aliphatic carbocycles. The predicted molar refractivity (Wildman–Crippen MR) is 120 cm³/mol. The van der Waals surface area contributed by atoms with E-state index in [0.29, 0.717) is 24.4 Å². The van der Waals surface area contributed by atoms with E-state index in [1.54, 1.807) is 12.1 Å². The molecule has 3 aromatic rings. The number of amides is 1. The summed E-state index contributed by atoms with van der Waals surface area (Å²) >= 11 is 5.86. The van der Waals surface area contributed by atoms with E-state index in [1.807, 2.05) is 12.1 Å². The van der Waals surface area contributed by atoms with Crippen molar-refractivity contribution in [1.82, 2.24) is 5.32 Å². The van der Waals surface area contributed by atoms with Crippen LogP contribution in [0.15, 0.2) is 77.7 Å². The minimum absolute atomic E-state index is 0.118. The maximum absolute atomic E-state index is 13.3. The molecule has 0 bridgehead atoms. The van der Waals surface area contributed by atoms with Crippen molar-refractivity contribution in [2.24, 2.45) is 0 Å². The summed E-state index contributed by atoms with van der Waals surface area (Å²) in [6, 6.07) is 16.4. The highest BCUT2D eigenvalue weighted by Gasteiger charge is 2.27. The molecular formula is C23H21ClF2N2O3S. The standard InChI is InChI=1S/C23H21ClF2N2O3S/c24-18-5-3-17(4-6-18)2-1-15-27-23(29)16-28(21-11-7-19(25)8-12-21)32(30,31)22-13-9-20(26)10-14-22/h3-14H,1-2,15-16H2,(H,27,29). The summed E-state index contributed by atoms with van der Waals surface area (Å²) in [4.78, 5) is 12.3. The monoisotopic (exact) mass is 478 g/mol. The second-order valence-electron chi connectivity index (χ2n) is 7.02. The lowest BCUT2D eigenvalue weighted by Gasteiger charge is -2.24. The summed E-state index contributed by atoms with van der Waals surface area (Å²) in [5.41, 5.74) is 1.18. The molecular weight excluding hydrogens is 458 g/mol. The van der Waals surface area contributed by atoms with Gasteiger partial charge < -0.3 is 5.32 Å². The van der Waals surface area contributed by atoms with Gasteiger partial charge in [-0.2, -0.15) is 0 Å². The average molecular weight is 479 g/mol. The Balaban J connectivity index is 1.69. The van der Waals surface area contributed by atoms with Gasteiger partial charge in [-0.25, -0.2) is 17.2 Å². The first kappa shape index (κ1) is 23.7. The number of sulfonamides is 1. The van der Waals surface area contributed by atoms with Gasteiger partial charge in [0.15, 0.2) is 0 Å². The Morgan fingerprint density at radius 2 is 1.44 bits per heavy atom. The number of halogens is 3. The van der Waals surface area contributed by atoms with Crippen LogP contribution in [0.3, 0.4) is 0 Å². The number of nitrogens with one attached hydrogen (secondary N) is 1. The van der Waals surface area contributed by atoms with E-state index >= 15 is 0 Å². The Morgan fingerprint density at radius 1 is 0.875 bits per heavy atom. The zero-order valence-electron chi connectivity index (χ0n) is 17.0. The van der Waals surface area contributed by atoms with Gasteiger partial charge in [0.25, 0.3) is 10.0 Å². The third-order valence-electron chi connectivity index (χ3n) is 4.68. The number of anilines is 1. The molecule has 5 nitrogen and oxygen atoms in total. The van der Waals surface area contributed by atoms with E-state index in [0.717, 1.165) is 46.3 Å². The first-order valence-corrected chi connectivity index (χ1v) is 11.6. The normalized spacial score (nSPS) is 11.2. The van der Waals surface area contributed by atoms with Gasteiger partial charge in [-0.1, -0.05) is 23.7 Å². The minimum atomic E-state index is -4.19. The van der Waals surface area contributed by atoms with Crippen molar-refractivity contribution in [3.8, 4) is 0 Å². The summed E-state index contributed by atoms with van der Waals surface area (Å²) < 4.78 is 53.7. The molecule has 0 aliphatic rings. The van der Waals surface area contributed by atoms with Crippen LogP contribution in [-0.4, -0.2) is 27.4 Å². The van der Waals surface area contributed by atoms with Gasteiger partial charge >= 0.3 is 0 Å². The quantitative estimate of drug-likeness (QED) is 0.458. The number of rotatable bonds is 9. The fourth-order valence-electron chi connectivity index (χ4n) is 3.01. The maximum Gasteiger partial charge on any atom is 0.264 e. The van der Waals surface area contributed by atoms with Gasteiger partial charge in [-0.05, 0) is 79.1 Å². The molecule has 0 unspecified atom stereocenters. The lowest BCUT2D eigenvalue weighted by molar-refractivity contribution is -0.119. The summed E-state index contributed by atoms with van der Waals surface area (Å²) in [5.74, 6) is -1.65. The van der Waals surface area contributed by atoms with Gasteiger partial charge in [-0.3, -0.25) is 9.10 Å².